The molecule has 1 fully saturated rings. The van der Waals surface area contributed by atoms with Crippen molar-refractivity contribution < 1.29 is 14.8 Å². The zero-order valence-electron chi connectivity index (χ0n) is 11.9. The summed E-state index contributed by atoms with van der Waals surface area (Å²) in [5, 5.41) is 20.4. The van der Waals surface area contributed by atoms with Gasteiger partial charge in [-0.3, -0.25) is 10.1 Å². The Morgan fingerprint density at radius 2 is 1.95 bits per heavy atom. The van der Waals surface area contributed by atoms with E-state index in [2.05, 4.69) is 0 Å². The van der Waals surface area contributed by atoms with Gasteiger partial charge in [0.2, 0.25) is 0 Å². The fourth-order valence-electron chi connectivity index (χ4n) is 2.98. The first-order valence-electron chi connectivity index (χ1n) is 6.82. The summed E-state index contributed by atoms with van der Waals surface area (Å²) in [7, 11) is 0. The summed E-state index contributed by atoms with van der Waals surface area (Å²) < 4.78 is 0. The van der Waals surface area contributed by atoms with Crippen molar-refractivity contribution in [3.05, 3.63) is 32.8 Å². The minimum Gasteiger partial charge on any atom is -0.478 e. The second-order valence-electron chi connectivity index (χ2n) is 5.42. The van der Waals surface area contributed by atoms with Crippen molar-refractivity contribution in [2.24, 2.45) is 0 Å². The number of benzene rings is 1. The van der Waals surface area contributed by atoms with Gasteiger partial charge in [0.05, 0.1) is 21.2 Å². The number of carboxylic acids is 1. The van der Waals surface area contributed by atoms with Crippen LogP contribution in [0.5, 0.6) is 0 Å². The van der Waals surface area contributed by atoms with Crippen LogP contribution in [0.2, 0.25) is 5.02 Å². The average molecular weight is 313 g/mol. The Morgan fingerprint density at radius 3 is 2.43 bits per heavy atom. The molecule has 2 rings (SSSR count). The van der Waals surface area contributed by atoms with Crippen LogP contribution >= 0.6 is 11.6 Å². The molecule has 0 amide bonds. The van der Waals surface area contributed by atoms with Crippen molar-refractivity contribution in [2.75, 3.05) is 4.90 Å². The highest BCUT2D eigenvalue weighted by molar-refractivity contribution is 6.34. The summed E-state index contributed by atoms with van der Waals surface area (Å²) >= 11 is 6.18. The second kappa shape index (κ2) is 5.89. The third-order valence-corrected chi connectivity index (χ3v) is 4.23. The van der Waals surface area contributed by atoms with Gasteiger partial charge in [0.1, 0.15) is 0 Å². The molecule has 1 aliphatic heterocycles. The van der Waals surface area contributed by atoms with Gasteiger partial charge < -0.3 is 10.0 Å². The first kappa shape index (κ1) is 15.6. The van der Waals surface area contributed by atoms with E-state index in [-0.39, 0.29) is 28.4 Å². The molecule has 0 bridgehead atoms. The quantitative estimate of drug-likeness (QED) is 0.679. The number of hydrogen-bond acceptors (Lipinski definition) is 4. The number of hydrogen-bond donors (Lipinski definition) is 1. The second-order valence-corrected chi connectivity index (χ2v) is 5.83. The lowest BCUT2D eigenvalue weighted by atomic mass is 9.95. The Morgan fingerprint density at radius 1 is 1.38 bits per heavy atom. The van der Waals surface area contributed by atoms with E-state index in [0.29, 0.717) is 5.69 Å². The molecule has 6 nitrogen and oxygen atoms in total. The summed E-state index contributed by atoms with van der Waals surface area (Å²) in [5.41, 5.74) is -0.0391. The van der Waals surface area contributed by atoms with E-state index in [9.17, 15) is 20.0 Å². The van der Waals surface area contributed by atoms with E-state index in [0.717, 1.165) is 25.3 Å². The molecule has 0 radical (unpaired) electrons. The van der Waals surface area contributed by atoms with Crippen LogP contribution in [0.3, 0.4) is 0 Å². The van der Waals surface area contributed by atoms with Crippen LogP contribution in [0.4, 0.5) is 11.4 Å². The normalized spacial score (nSPS) is 22.1. The molecule has 7 heteroatoms. The molecule has 21 heavy (non-hydrogen) atoms. The van der Waals surface area contributed by atoms with Crippen LogP contribution in [0.1, 0.15) is 43.5 Å². The summed E-state index contributed by atoms with van der Waals surface area (Å²) in [6, 6.07) is 2.59. The molecular weight excluding hydrogens is 296 g/mol. The number of nitro groups is 1. The number of aromatic carboxylic acids is 1. The molecule has 0 aromatic heterocycles. The number of piperidine rings is 1. The van der Waals surface area contributed by atoms with Gasteiger partial charge >= 0.3 is 5.97 Å². The fraction of sp³-hybridized carbons (Fsp3) is 0.500. The Bertz CT molecular complexity index is 581. The molecule has 2 atom stereocenters. The monoisotopic (exact) mass is 312 g/mol. The third kappa shape index (κ3) is 2.95. The Kier molecular flexibility index (Phi) is 4.37. The van der Waals surface area contributed by atoms with E-state index < -0.39 is 10.9 Å². The molecule has 1 N–H and O–H groups in total. The van der Waals surface area contributed by atoms with E-state index in [1.807, 2.05) is 18.7 Å². The molecule has 1 heterocycles. The van der Waals surface area contributed by atoms with Crippen molar-refractivity contribution in [3.8, 4) is 0 Å². The number of carbonyl (C=O) groups is 1. The lowest BCUT2D eigenvalue weighted by Crippen LogP contribution is -2.44. The predicted molar refractivity (Wildman–Crippen MR) is 80.3 cm³/mol. The summed E-state index contributed by atoms with van der Waals surface area (Å²) in [5.74, 6) is -1.21. The third-order valence-electron chi connectivity index (χ3n) is 3.94. The number of non-ortho nitro benzene ring substituents is 1. The Labute approximate surface area is 127 Å². The van der Waals surface area contributed by atoms with Gasteiger partial charge in [0.15, 0.2) is 0 Å². The maximum atomic E-state index is 11.5. The lowest BCUT2D eigenvalue weighted by molar-refractivity contribution is -0.384. The van der Waals surface area contributed by atoms with Gasteiger partial charge in [-0.25, -0.2) is 4.79 Å². The zero-order valence-corrected chi connectivity index (χ0v) is 12.6. The van der Waals surface area contributed by atoms with Crippen LogP contribution in [0.15, 0.2) is 12.1 Å². The Balaban J connectivity index is 2.61. The van der Waals surface area contributed by atoms with Crippen LogP contribution < -0.4 is 4.90 Å². The van der Waals surface area contributed by atoms with E-state index in [4.69, 9.17) is 11.6 Å². The number of anilines is 1. The number of carboxylic acid groups (broad SMARTS) is 1. The van der Waals surface area contributed by atoms with Crippen LogP contribution in [-0.4, -0.2) is 28.1 Å². The molecule has 1 aromatic rings. The first-order valence-corrected chi connectivity index (χ1v) is 7.20. The number of nitro benzene ring substituents is 1. The van der Waals surface area contributed by atoms with Gasteiger partial charge in [-0.1, -0.05) is 11.6 Å². The molecule has 0 aliphatic carbocycles. The highest BCUT2D eigenvalue weighted by Crippen LogP contribution is 2.39. The highest BCUT2D eigenvalue weighted by atomic mass is 35.5. The molecule has 1 aliphatic rings. The highest BCUT2D eigenvalue weighted by Gasteiger charge is 2.31. The van der Waals surface area contributed by atoms with Crippen molar-refractivity contribution in [3.63, 3.8) is 0 Å². The maximum Gasteiger partial charge on any atom is 0.338 e. The minimum atomic E-state index is -1.21. The summed E-state index contributed by atoms with van der Waals surface area (Å²) in [6.45, 7) is 4.03. The predicted octanol–water partition coefficient (Wildman–Crippen LogP) is 3.71. The van der Waals surface area contributed by atoms with Crippen molar-refractivity contribution >= 4 is 28.9 Å². The summed E-state index contributed by atoms with van der Waals surface area (Å²) in [4.78, 5) is 23.7. The van der Waals surface area contributed by atoms with Crippen molar-refractivity contribution in [1.29, 1.82) is 0 Å². The van der Waals surface area contributed by atoms with E-state index in [1.54, 1.807) is 0 Å². The first-order chi connectivity index (χ1) is 9.82. The van der Waals surface area contributed by atoms with Gasteiger partial charge in [0, 0.05) is 24.2 Å². The summed E-state index contributed by atoms with van der Waals surface area (Å²) in [6.07, 6.45) is 2.96. The van der Waals surface area contributed by atoms with Gasteiger partial charge in [-0.2, -0.15) is 0 Å². The van der Waals surface area contributed by atoms with E-state index in [1.165, 1.54) is 6.07 Å². The van der Waals surface area contributed by atoms with Gasteiger partial charge in [-0.15, -0.1) is 0 Å². The van der Waals surface area contributed by atoms with Crippen LogP contribution in [-0.2, 0) is 0 Å². The minimum absolute atomic E-state index is 0.113. The number of halogens is 1. The molecule has 0 saturated carbocycles. The van der Waals surface area contributed by atoms with Gasteiger partial charge in [-0.05, 0) is 33.1 Å². The zero-order chi connectivity index (χ0) is 15.7. The largest absolute Gasteiger partial charge is 0.478 e. The molecule has 0 spiro atoms. The standard InChI is InChI=1S/C14H17ClN2O4/c1-8-4-3-5-9(2)16(8)13-11(14(18)19)6-10(17(20)21)7-12(13)15/h6-9H,3-5H2,1-2H3,(H,18,19). The van der Waals surface area contributed by atoms with E-state index >= 15 is 0 Å². The van der Waals surface area contributed by atoms with Crippen LogP contribution in [0.25, 0.3) is 0 Å². The lowest BCUT2D eigenvalue weighted by Gasteiger charge is -2.41. The van der Waals surface area contributed by atoms with Crippen LogP contribution in [0, 0.1) is 10.1 Å². The number of nitrogens with zero attached hydrogens (tertiary/aromatic N) is 2. The molecular formula is C14H17ClN2O4. The molecule has 1 saturated heterocycles. The molecule has 1 aromatic carbocycles. The molecule has 2 unspecified atom stereocenters. The topological polar surface area (TPSA) is 83.7 Å². The van der Waals surface area contributed by atoms with Crippen molar-refractivity contribution in [2.45, 2.75) is 45.2 Å². The SMILES string of the molecule is CC1CCCC(C)N1c1c(Cl)cc([N+](=O)[O-])cc1C(=O)O. The Hall–Kier alpha value is -1.82. The van der Waals surface area contributed by atoms with Crippen molar-refractivity contribution in [1.82, 2.24) is 0 Å². The molecule has 114 valence electrons. The number of rotatable bonds is 3. The average Bonchev–Trinajstić information content (AvgIpc) is 2.39. The fourth-order valence-corrected chi connectivity index (χ4v) is 3.29. The smallest absolute Gasteiger partial charge is 0.338 e. The van der Waals surface area contributed by atoms with Gasteiger partial charge in [0.25, 0.3) is 5.69 Å². The maximum absolute atomic E-state index is 11.5.